The molecule has 0 bridgehead atoms. The molecular formula is C24H14Cl2N4S. The monoisotopic (exact) mass is 460 g/mol. The molecule has 0 amide bonds. The molecule has 5 rings (SSSR count). The molecule has 3 aromatic carbocycles. The first-order valence-corrected chi connectivity index (χ1v) is 11.1. The van der Waals surface area contributed by atoms with Gasteiger partial charge in [0.25, 0.3) is 0 Å². The van der Waals surface area contributed by atoms with Crippen molar-refractivity contribution in [2.24, 2.45) is 0 Å². The summed E-state index contributed by atoms with van der Waals surface area (Å²) in [6.45, 7) is 0. The van der Waals surface area contributed by atoms with Crippen LogP contribution in [0.15, 0.2) is 83.2 Å². The van der Waals surface area contributed by atoms with E-state index in [9.17, 15) is 5.26 Å². The predicted octanol–water partition coefficient (Wildman–Crippen LogP) is 7.31. The quantitative estimate of drug-likeness (QED) is 0.325. The zero-order chi connectivity index (χ0) is 21.4. The summed E-state index contributed by atoms with van der Waals surface area (Å²) in [6, 6.07) is 25.4. The smallest absolute Gasteiger partial charge is 0.151 e. The molecule has 0 saturated carbocycles. The number of benzene rings is 3. The highest BCUT2D eigenvalue weighted by Crippen LogP contribution is 2.46. The van der Waals surface area contributed by atoms with Crippen LogP contribution in [0.4, 0.5) is 5.69 Å². The molecule has 0 spiro atoms. The third-order valence-electron chi connectivity index (χ3n) is 4.89. The van der Waals surface area contributed by atoms with E-state index in [4.69, 9.17) is 23.2 Å². The number of para-hydroxylation sites is 1. The minimum absolute atomic E-state index is 0.460. The second-order valence-electron chi connectivity index (χ2n) is 6.84. The molecule has 4 aromatic rings. The summed E-state index contributed by atoms with van der Waals surface area (Å²) in [5, 5.41) is 14.2. The number of anilines is 1. The lowest BCUT2D eigenvalue weighted by Crippen LogP contribution is -2.17. The molecule has 1 aliphatic heterocycles. The van der Waals surface area contributed by atoms with Gasteiger partial charge in [-0.3, -0.25) is 0 Å². The number of nitriles is 1. The lowest BCUT2D eigenvalue weighted by atomic mass is 10.1. The largest absolute Gasteiger partial charge is 0.337 e. The molecule has 7 heteroatoms. The number of nitrogens with zero attached hydrogens (tertiary/aromatic N) is 3. The molecule has 1 aliphatic rings. The van der Waals surface area contributed by atoms with Crippen LogP contribution in [0.25, 0.3) is 22.3 Å². The first kappa shape index (κ1) is 19.8. The van der Waals surface area contributed by atoms with Crippen LogP contribution in [0.3, 0.4) is 0 Å². The molecule has 0 unspecified atom stereocenters. The Labute approximate surface area is 193 Å². The third kappa shape index (κ3) is 3.70. The number of hydrogen-bond donors (Lipinski definition) is 1. The predicted molar refractivity (Wildman–Crippen MR) is 130 cm³/mol. The summed E-state index contributed by atoms with van der Waals surface area (Å²) in [5.74, 6) is 0.508. The molecule has 0 atom stereocenters. The van der Waals surface area contributed by atoms with Crippen LogP contribution in [0.2, 0.25) is 10.0 Å². The van der Waals surface area contributed by atoms with Crippen LogP contribution in [-0.4, -0.2) is 9.97 Å². The highest BCUT2D eigenvalue weighted by Gasteiger charge is 2.29. The van der Waals surface area contributed by atoms with Crippen molar-refractivity contribution in [3.63, 3.8) is 0 Å². The number of rotatable bonds is 3. The Morgan fingerprint density at radius 3 is 2.45 bits per heavy atom. The Bertz CT molecular complexity index is 1380. The van der Waals surface area contributed by atoms with Crippen molar-refractivity contribution < 1.29 is 0 Å². The zero-order valence-corrected chi connectivity index (χ0v) is 18.3. The van der Waals surface area contributed by atoms with E-state index in [0.29, 0.717) is 21.4 Å². The molecule has 0 radical (unpaired) electrons. The van der Waals surface area contributed by atoms with Gasteiger partial charge in [-0.1, -0.05) is 65.3 Å². The number of aromatic nitrogens is 2. The van der Waals surface area contributed by atoms with Crippen molar-refractivity contribution in [2.75, 3.05) is 4.90 Å². The minimum Gasteiger partial charge on any atom is -0.337 e. The second-order valence-corrected chi connectivity index (χ2v) is 8.57. The van der Waals surface area contributed by atoms with Crippen LogP contribution in [0.5, 0.6) is 0 Å². The first-order chi connectivity index (χ1) is 15.1. The van der Waals surface area contributed by atoms with Crippen molar-refractivity contribution in [1.82, 2.24) is 9.97 Å². The van der Waals surface area contributed by atoms with Crippen LogP contribution in [0.1, 0.15) is 11.4 Å². The van der Waals surface area contributed by atoms with Gasteiger partial charge in [-0.25, -0.2) is 4.98 Å². The summed E-state index contributed by atoms with van der Waals surface area (Å²) in [6.07, 6.45) is 0. The number of fused-ring (bicyclic) bond motifs is 1. The summed E-state index contributed by atoms with van der Waals surface area (Å²) < 4.78 is 0. The van der Waals surface area contributed by atoms with Crippen molar-refractivity contribution in [2.45, 2.75) is 0 Å². The maximum Gasteiger partial charge on any atom is 0.151 e. The van der Waals surface area contributed by atoms with E-state index in [1.165, 1.54) is 11.8 Å². The van der Waals surface area contributed by atoms with Gasteiger partial charge in [-0.05, 0) is 48.0 Å². The number of thioether (sulfide) groups is 1. The van der Waals surface area contributed by atoms with E-state index < -0.39 is 0 Å². The molecule has 31 heavy (non-hydrogen) atoms. The Morgan fingerprint density at radius 2 is 1.71 bits per heavy atom. The molecule has 4 nitrogen and oxygen atoms in total. The fourth-order valence-electron chi connectivity index (χ4n) is 3.45. The van der Waals surface area contributed by atoms with Gasteiger partial charge in [-0.15, -0.1) is 0 Å². The van der Waals surface area contributed by atoms with E-state index in [2.05, 4.69) is 20.9 Å². The lowest BCUT2D eigenvalue weighted by Gasteiger charge is -2.24. The Kier molecular flexibility index (Phi) is 5.21. The van der Waals surface area contributed by atoms with Crippen LogP contribution in [-0.2, 0) is 0 Å². The summed E-state index contributed by atoms with van der Waals surface area (Å²) in [5.41, 5.74) is 4.93. The third-order valence-corrected chi connectivity index (χ3v) is 6.33. The van der Waals surface area contributed by atoms with Gasteiger partial charge in [-0.2, -0.15) is 5.26 Å². The van der Waals surface area contributed by atoms with Crippen molar-refractivity contribution in [3.05, 3.63) is 105 Å². The fraction of sp³-hybridized carbons (Fsp3) is 0. The Morgan fingerprint density at radius 1 is 0.968 bits per heavy atom. The zero-order valence-electron chi connectivity index (χ0n) is 16.0. The number of nitrogens with one attached hydrogen (secondary N) is 1. The van der Waals surface area contributed by atoms with Gasteiger partial charge in [0, 0.05) is 21.1 Å². The molecule has 0 aliphatic carbocycles. The molecule has 2 heterocycles. The first-order valence-electron chi connectivity index (χ1n) is 9.42. The number of imidazole rings is 1. The van der Waals surface area contributed by atoms with Gasteiger partial charge in [0.15, 0.2) is 5.82 Å². The molecule has 0 saturated heterocycles. The number of halogens is 2. The van der Waals surface area contributed by atoms with E-state index in [1.54, 1.807) is 12.1 Å². The van der Waals surface area contributed by atoms with Gasteiger partial charge in [0.05, 0.1) is 16.7 Å². The highest BCUT2D eigenvalue weighted by molar-refractivity contribution is 8.06. The number of allylic oxidation sites excluding steroid dienone is 1. The maximum atomic E-state index is 10.1. The number of hydrogen-bond acceptors (Lipinski definition) is 4. The van der Waals surface area contributed by atoms with Gasteiger partial charge in [0.2, 0.25) is 0 Å². The molecule has 1 aromatic heterocycles. The number of H-pyrrole nitrogens is 1. The number of aromatic amines is 1. The maximum absolute atomic E-state index is 10.1. The standard InChI is InChI=1S/C24H14Cl2N4S/c25-16-8-6-15(7-9-16)22-14-31-24(30(22)18-4-2-1-3-5-18)19(13-27)23-28-20-11-10-17(26)12-21(20)29-23/h1-12,14H,(H,28,29)/b24-19+. The molecule has 0 fully saturated rings. The van der Waals surface area contributed by atoms with E-state index in [-0.39, 0.29) is 0 Å². The van der Waals surface area contributed by atoms with Crippen LogP contribution in [0, 0.1) is 11.3 Å². The average Bonchev–Trinajstić information content (AvgIpc) is 3.40. The molecular weight excluding hydrogens is 447 g/mol. The second kappa shape index (κ2) is 8.16. The Hall–Kier alpha value is -3.17. The summed E-state index contributed by atoms with van der Waals surface area (Å²) >= 11 is 13.7. The van der Waals surface area contributed by atoms with Crippen LogP contribution >= 0.6 is 35.0 Å². The van der Waals surface area contributed by atoms with Crippen LogP contribution < -0.4 is 4.90 Å². The SMILES string of the molecule is N#C/C(=C1\SC=C(c2ccc(Cl)cc2)N1c1ccccc1)c1nc2ccc(Cl)cc2[nH]1. The molecule has 1 N–H and O–H groups in total. The van der Waals surface area contributed by atoms with Gasteiger partial charge >= 0.3 is 0 Å². The lowest BCUT2D eigenvalue weighted by molar-refractivity contribution is 1.23. The summed E-state index contributed by atoms with van der Waals surface area (Å²) in [7, 11) is 0. The van der Waals surface area contributed by atoms with Gasteiger partial charge < -0.3 is 9.88 Å². The highest BCUT2D eigenvalue weighted by atomic mass is 35.5. The topological polar surface area (TPSA) is 55.7 Å². The average molecular weight is 461 g/mol. The Balaban J connectivity index is 1.67. The normalized spacial score (nSPS) is 15.1. The summed E-state index contributed by atoms with van der Waals surface area (Å²) in [4.78, 5) is 9.95. The minimum atomic E-state index is 0.460. The van der Waals surface area contributed by atoms with Crippen molar-refractivity contribution in [1.29, 1.82) is 5.26 Å². The van der Waals surface area contributed by atoms with E-state index >= 15 is 0 Å². The van der Waals surface area contributed by atoms with Crippen molar-refractivity contribution >= 4 is 63.0 Å². The van der Waals surface area contributed by atoms with Crippen molar-refractivity contribution in [3.8, 4) is 6.07 Å². The van der Waals surface area contributed by atoms with Gasteiger partial charge in [0.1, 0.15) is 16.7 Å². The van der Waals surface area contributed by atoms with E-state index in [1.807, 2.05) is 66.1 Å². The van der Waals surface area contributed by atoms with E-state index in [0.717, 1.165) is 33.0 Å². The molecule has 150 valence electrons. The fourth-order valence-corrected chi connectivity index (χ4v) is 4.78.